The van der Waals surface area contributed by atoms with Crippen LogP contribution in [0.15, 0.2) is 32.7 Å². The van der Waals surface area contributed by atoms with E-state index in [1.54, 1.807) is 0 Å². The minimum atomic E-state index is -1.94. The molecule has 3 heterocycles. The fourth-order valence-electron chi connectivity index (χ4n) is 6.34. The van der Waals surface area contributed by atoms with Gasteiger partial charge < -0.3 is 27.9 Å². The van der Waals surface area contributed by atoms with Crippen molar-refractivity contribution in [3.63, 3.8) is 0 Å². The molecule has 1 aromatic heterocycles. The van der Waals surface area contributed by atoms with Crippen LogP contribution in [0.5, 0.6) is 0 Å². The van der Waals surface area contributed by atoms with Gasteiger partial charge in [0.15, 0.2) is 12.1 Å². The quantitative estimate of drug-likeness (QED) is 0.290. The number of benzene rings is 2. The Labute approximate surface area is 284 Å². The molecule has 2 aliphatic rings. The molecule has 0 aliphatic carbocycles. The van der Waals surface area contributed by atoms with Gasteiger partial charge in [-0.2, -0.15) is 0 Å². The molecule has 0 unspecified atom stereocenters. The SMILES string of the molecule is CC(C)NC[C@H]1O[C@@H]2OC(C)(C)O[C@@H]2[C@H]1Op1oc2c(C(C)(C)C)cc(C(C)(C)C)cc2c2cc(C(C)(C)C)cc(C(C)(C)C)c2o1. The van der Waals surface area contributed by atoms with Crippen molar-refractivity contribution in [2.75, 3.05) is 6.54 Å². The molecule has 262 valence electrons. The molecular weight excluding hydrogens is 609 g/mol. The lowest BCUT2D eigenvalue weighted by Crippen LogP contribution is -2.44. The van der Waals surface area contributed by atoms with Gasteiger partial charge in [0, 0.05) is 34.5 Å². The van der Waals surface area contributed by atoms with Crippen LogP contribution in [0, 0.1) is 0 Å². The molecule has 2 aliphatic heterocycles. The van der Waals surface area contributed by atoms with Gasteiger partial charge in [-0.25, -0.2) is 0 Å². The molecule has 4 atom stereocenters. The van der Waals surface area contributed by atoms with Gasteiger partial charge >= 0.3 is 8.24 Å². The van der Waals surface area contributed by atoms with E-state index in [9.17, 15) is 0 Å². The molecule has 0 bridgehead atoms. The highest BCUT2D eigenvalue weighted by Gasteiger charge is 2.56. The summed E-state index contributed by atoms with van der Waals surface area (Å²) in [5.74, 6) is -0.781. The monoisotopic (exact) mass is 669 g/mol. The lowest BCUT2D eigenvalue weighted by atomic mass is 9.77. The maximum absolute atomic E-state index is 7.04. The lowest BCUT2D eigenvalue weighted by Gasteiger charge is -2.27. The van der Waals surface area contributed by atoms with Crippen molar-refractivity contribution in [1.82, 2.24) is 5.32 Å². The average Bonchev–Trinajstić information content (AvgIpc) is 3.29. The Balaban J connectivity index is 1.87. The normalized spacial score (nSPS) is 23.7. The van der Waals surface area contributed by atoms with E-state index >= 15 is 0 Å². The molecule has 2 aromatic carbocycles. The van der Waals surface area contributed by atoms with Crippen molar-refractivity contribution in [3.05, 3.63) is 46.5 Å². The van der Waals surface area contributed by atoms with Crippen LogP contribution in [0.2, 0.25) is 0 Å². The van der Waals surface area contributed by atoms with Crippen LogP contribution in [0.3, 0.4) is 0 Å². The van der Waals surface area contributed by atoms with Gasteiger partial charge in [-0.15, -0.1) is 0 Å². The van der Waals surface area contributed by atoms with Crippen LogP contribution < -0.4 is 9.84 Å². The Kier molecular flexibility index (Phi) is 9.43. The van der Waals surface area contributed by atoms with Crippen LogP contribution >= 0.6 is 8.24 Å². The van der Waals surface area contributed by atoms with Crippen LogP contribution in [0.25, 0.3) is 21.9 Å². The third-order valence-electron chi connectivity index (χ3n) is 9.17. The van der Waals surface area contributed by atoms with Crippen molar-refractivity contribution in [2.45, 2.75) is 169 Å². The van der Waals surface area contributed by atoms with E-state index in [1.165, 1.54) is 11.1 Å². The predicted molar refractivity (Wildman–Crippen MR) is 193 cm³/mol. The van der Waals surface area contributed by atoms with E-state index in [1.807, 2.05) is 13.8 Å². The summed E-state index contributed by atoms with van der Waals surface area (Å²) in [5, 5.41) is 5.60. The zero-order valence-electron chi connectivity index (χ0n) is 31.8. The molecule has 0 saturated carbocycles. The number of fused-ring (bicyclic) bond motifs is 4. The first-order valence-corrected chi connectivity index (χ1v) is 18.4. The van der Waals surface area contributed by atoms with Crippen molar-refractivity contribution in [3.8, 4) is 0 Å². The van der Waals surface area contributed by atoms with Crippen LogP contribution in [0.4, 0.5) is 0 Å². The number of rotatable bonds is 5. The number of hydrogen-bond donors (Lipinski definition) is 1. The zero-order chi connectivity index (χ0) is 35.1. The Morgan fingerprint density at radius 2 is 1.19 bits per heavy atom. The number of ether oxygens (including phenoxy) is 3. The summed E-state index contributed by atoms with van der Waals surface area (Å²) in [4.78, 5) is 0. The third-order valence-corrected chi connectivity index (χ3v) is 10.2. The molecule has 2 fully saturated rings. The Morgan fingerprint density at radius 1 is 0.723 bits per heavy atom. The van der Waals surface area contributed by atoms with E-state index < -0.39 is 32.5 Å². The summed E-state index contributed by atoms with van der Waals surface area (Å²) in [5.41, 5.74) is 5.85. The maximum Gasteiger partial charge on any atom is 0.387 e. The first-order valence-electron chi connectivity index (χ1n) is 17.3. The minimum Gasteiger partial charge on any atom is -0.399 e. The van der Waals surface area contributed by atoms with Gasteiger partial charge in [0.2, 0.25) is 0 Å². The maximum atomic E-state index is 7.04. The van der Waals surface area contributed by atoms with E-state index in [4.69, 9.17) is 27.1 Å². The molecular formula is C39H60NO6P. The predicted octanol–water partition coefficient (Wildman–Crippen LogP) is 10.2. The van der Waals surface area contributed by atoms with Gasteiger partial charge in [-0.1, -0.05) is 109 Å². The summed E-state index contributed by atoms with van der Waals surface area (Å²) >= 11 is 0. The number of hydrogen-bond acceptors (Lipinski definition) is 7. The summed E-state index contributed by atoms with van der Waals surface area (Å²) in [6.07, 6.45) is -1.73. The first-order chi connectivity index (χ1) is 21.3. The van der Waals surface area contributed by atoms with Crippen LogP contribution in [-0.2, 0) is 35.9 Å². The second-order valence-electron chi connectivity index (χ2n) is 18.5. The molecule has 0 spiro atoms. The van der Waals surface area contributed by atoms with Gasteiger partial charge in [-0.3, -0.25) is 4.52 Å². The van der Waals surface area contributed by atoms with Crippen LogP contribution in [-0.4, -0.2) is 43.0 Å². The Hall–Kier alpha value is -1.86. The molecule has 0 radical (unpaired) electrons. The average molecular weight is 670 g/mol. The molecule has 7 nitrogen and oxygen atoms in total. The first kappa shape index (κ1) is 36.4. The van der Waals surface area contributed by atoms with Crippen molar-refractivity contribution < 1.29 is 27.1 Å². The highest BCUT2D eigenvalue weighted by Crippen LogP contribution is 2.47. The highest BCUT2D eigenvalue weighted by atomic mass is 31.1. The largest absolute Gasteiger partial charge is 0.399 e. The van der Waals surface area contributed by atoms with Crippen molar-refractivity contribution in [2.24, 2.45) is 0 Å². The third kappa shape index (κ3) is 7.66. The molecule has 8 heteroatoms. The van der Waals surface area contributed by atoms with E-state index in [-0.39, 0.29) is 33.8 Å². The molecule has 0 amide bonds. The summed E-state index contributed by atoms with van der Waals surface area (Å²) in [7, 11) is -1.94. The molecule has 5 rings (SSSR count). The Morgan fingerprint density at radius 3 is 1.60 bits per heavy atom. The minimum absolute atomic E-state index is 0.0719. The zero-order valence-corrected chi connectivity index (χ0v) is 32.7. The van der Waals surface area contributed by atoms with Crippen LogP contribution in [0.1, 0.15) is 133 Å². The van der Waals surface area contributed by atoms with E-state index in [0.717, 1.165) is 33.1 Å². The summed E-state index contributed by atoms with van der Waals surface area (Å²) in [6, 6.07) is 9.54. The Bertz CT molecular complexity index is 1570. The second kappa shape index (κ2) is 12.2. The molecule has 1 N–H and O–H groups in total. The molecule has 3 aromatic rings. The van der Waals surface area contributed by atoms with Gasteiger partial charge in [-0.05, 0) is 58.8 Å². The lowest BCUT2D eigenvalue weighted by molar-refractivity contribution is -0.211. The molecule has 2 saturated heterocycles. The highest BCUT2D eigenvalue weighted by molar-refractivity contribution is 7.31. The van der Waals surface area contributed by atoms with Gasteiger partial charge in [0.05, 0.1) is 0 Å². The van der Waals surface area contributed by atoms with Gasteiger partial charge in [0.25, 0.3) is 0 Å². The van der Waals surface area contributed by atoms with Crippen molar-refractivity contribution in [1.29, 1.82) is 0 Å². The van der Waals surface area contributed by atoms with E-state index in [0.29, 0.717) is 6.54 Å². The smallest absolute Gasteiger partial charge is 0.387 e. The standard InChI is InChI=1S/C39H60NO6P/c1-22(2)40-21-29-32(33-34(41-29)43-39(15,16)42-33)46-47-44-30-25(17-23(35(3,4)5)19-27(30)37(9,10)11)26-18-24(36(6,7)8)20-28(31(26)45-47)38(12,13)14/h17-20,22,29,32-34,40H,21H2,1-16H3/t29-,32+,33-,34-/m1/s1. The number of nitrogens with one attached hydrogen (secondary N) is 1. The topological polar surface area (TPSA) is 75.2 Å². The fourth-order valence-corrected chi connectivity index (χ4v) is 7.60. The van der Waals surface area contributed by atoms with Crippen molar-refractivity contribution >= 4 is 30.2 Å². The summed E-state index contributed by atoms with van der Waals surface area (Å²) in [6.45, 7) is 35.7. The summed E-state index contributed by atoms with van der Waals surface area (Å²) < 4.78 is 40.0. The molecule has 47 heavy (non-hydrogen) atoms. The van der Waals surface area contributed by atoms with E-state index in [2.05, 4.69) is 127 Å². The second-order valence-corrected chi connectivity index (χ2v) is 19.5. The van der Waals surface area contributed by atoms with Gasteiger partial charge in [0.1, 0.15) is 29.5 Å². The fraction of sp³-hybridized carbons (Fsp3) is 0.692.